The van der Waals surface area contributed by atoms with Crippen molar-refractivity contribution < 1.29 is 13.6 Å². The third-order valence-electron chi connectivity index (χ3n) is 5.40. The van der Waals surface area contributed by atoms with Crippen LogP contribution in [0.4, 0.5) is 21.7 Å². The molecular formula is C22H25FN6O2. The van der Waals surface area contributed by atoms with E-state index >= 15 is 0 Å². The number of nitrogens with zero attached hydrogens (tertiary/aromatic N) is 2. The second-order valence-corrected chi connectivity index (χ2v) is 7.74. The van der Waals surface area contributed by atoms with Gasteiger partial charge in [-0.1, -0.05) is 12.8 Å². The minimum absolute atomic E-state index is 0.0331. The summed E-state index contributed by atoms with van der Waals surface area (Å²) in [5.74, 6) is 0.115. The van der Waals surface area contributed by atoms with E-state index in [1.54, 1.807) is 18.3 Å². The summed E-state index contributed by atoms with van der Waals surface area (Å²) in [6.07, 6.45) is 5.38. The number of primary amides is 1. The molecule has 2 atom stereocenters. The molecule has 0 bridgehead atoms. The Morgan fingerprint density at radius 2 is 2.00 bits per heavy atom. The van der Waals surface area contributed by atoms with Gasteiger partial charge in [-0.05, 0) is 50.1 Å². The van der Waals surface area contributed by atoms with Crippen molar-refractivity contribution in [2.45, 2.75) is 44.7 Å². The highest BCUT2D eigenvalue weighted by Crippen LogP contribution is 2.28. The van der Waals surface area contributed by atoms with Crippen LogP contribution < -0.4 is 22.1 Å². The molecule has 1 aliphatic carbocycles. The van der Waals surface area contributed by atoms with Crippen molar-refractivity contribution in [3.8, 4) is 11.5 Å². The molecule has 8 nitrogen and oxygen atoms in total. The quantitative estimate of drug-likeness (QED) is 0.474. The van der Waals surface area contributed by atoms with Gasteiger partial charge in [-0.15, -0.1) is 0 Å². The van der Waals surface area contributed by atoms with Crippen LogP contribution in [0.25, 0.3) is 11.5 Å². The van der Waals surface area contributed by atoms with Crippen LogP contribution in [0.5, 0.6) is 0 Å². The number of hydrogen-bond acceptors (Lipinski definition) is 7. The van der Waals surface area contributed by atoms with Gasteiger partial charge in [0, 0.05) is 24.0 Å². The molecule has 9 heteroatoms. The summed E-state index contributed by atoms with van der Waals surface area (Å²) in [7, 11) is 0. The zero-order valence-electron chi connectivity index (χ0n) is 17.2. The maximum atomic E-state index is 14.7. The van der Waals surface area contributed by atoms with Crippen molar-refractivity contribution in [2.24, 2.45) is 11.5 Å². The zero-order valence-corrected chi connectivity index (χ0v) is 17.2. The van der Waals surface area contributed by atoms with Crippen molar-refractivity contribution in [1.82, 2.24) is 9.97 Å². The number of carbonyl (C=O) groups excluding carboxylic acids is 1. The van der Waals surface area contributed by atoms with E-state index in [0.29, 0.717) is 17.1 Å². The summed E-state index contributed by atoms with van der Waals surface area (Å²) in [5, 5.41) is 6.16. The minimum Gasteiger partial charge on any atom is -0.460 e. The average molecular weight is 424 g/mol. The molecule has 0 aliphatic heterocycles. The zero-order chi connectivity index (χ0) is 22.0. The fourth-order valence-electron chi connectivity index (χ4n) is 3.74. The number of aryl methyl sites for hydroxylation is 1. The van der Waals surface area contributed by atoms with E-state index in [-0.39, 0.29) is 29.3 Å². The van der Waals surface area contributed by atoms with Gasteiger partial charge < -0.3 is 26.5 Å². The maximum absolute atomic E-state index is 14.7. The first-order chi connectivity index (χ1) is 14.9. The van der Waals surface area contributed by atoms with Gasteiger partial charge >= 0.3 is 0 Å². The summed E-state index contributed by atoms with van der Waals surface area (Å²) >= 11 is 0. The van der Waals surface area contributed by atoms with Gasteiger partial charge in [0.1, 0.15) is 17.3 Å². The Morgan fingerprint density at radius 1 is 1.19 bits per heavy atom. The number of furan rings is 1. The smallest absolute Gasteiger partial charge is 0.252 e. The second-order valence-electron chi connectivity index (χ2n) is 7.74. The molecule has 4 rings (SSSR count). The fraction of sp³-hybridized carbons (Fsp3) is 0.318. The molecule has 0 unspecified atom stereocenters. The van der Waals surface area contributed by atoms with Crippen molar-refractivity contribution in [2.75, 3.05) is 10.6 Å². The normalized spacial score (nSPS) is 18.5. The summed E-state index contributed by atoms with van der Waals surface area (Å²) < 4.78 is 20.3. The number of aromatic nitrogens is 2. The Labute approximate surface area is 179 Å². The third-order valence-corrected chi connectivity index (χ3v) is 5.40. The summed E-state index contributed by atoms with van der Waals surface area (Å²) in [5.41, 5.74) is 12.8. The number of carbonyl (C=O) groups is 1. The molecule has 0 saturated heterocycles. The van der Waals surface area contributed by atoms with Crippen LogP contribution in [0.3, 0.4) is 0 Å². The lowest BCUT2D eigenvalue weighted by Gasteiger charge is -2.30. The number of pyridine rings is 2. The topological polar surface area (TPSA) is 132 Å². The van der Waals surface area contributed by atoms with Crippen molar-refractivity contribution >= 4 is 23.2 Å². The van der Waals surface area contributed by atoms with Crippen LogP contribution >= 0.6 is 0 Å². The van der Waals surface area contributed by atoms with Crippen LogP contribution in [0.2, 0.25) is 0 Å². The van der Waals surface area contributed by atoms with Gasteiger partial charge in [-0.3, -0.25) is 9.78 Å². The Kier molecular flexibility index (Phi) is 5.85. The monoisotopic (exact) mass is 424 g/mol. The largest absolute Gasteiger partial charge is 0.460 e. The van der Waals surface area contributed by atoms with E-state index < -0.39 is 11.7 Å². The van der Waals surface area contributed by atoms with E-state index in [1.165, 1.54) is 0 Å². The predicted molar refractivity (Wildman–Crippen MR) is 117 cm³/mol. The van der Waals surface area contributed by atoms with Crippen LogP contribution in [0.15, 0.2) is 40.9 Å². The molecule has 1 fully saturated rings. The number of halogens is 1. The predicted octanol–water partition coefficient (Wildman–Crippen LogP) is 3.71. The first-order valence-corrected chi connectivity index (χ1v) is 10.2. The van der Waals surface area contributed by atoms with Gasteiger partial charge in [0.05, 0.1) is 5.56 Å². The maximum Gasteiger partial charge on any atom is 0.252 e. The van der Waals surface area contributed by atoms with Crippen LogP contribution in [0.1, 0.15) is 41.8 Å². The first-order valence-electron chi connectivity index (χ1n) is 10.2. The summed E-state index contributed by atoms with van der Waals surface area (Å²) in [4.78, 5) is 20.6. The van der Waals surface area contributed by atoms with Crippen LogP contribution in [-0.2, 0) is 0 Å². The molecule has 1 amide bonds. The number of rotatable bonds is 6. The Morgan fingerprint density at radius 3 is 2.71 bits per heavy atom. The molecule has 1 saturated carbocycles. The van der Waals surface area contributed by atoms with E-state index in [9.17, 15) is 9.18 Å². The van der Waals surface area contributed by atoms with Gasteiger partial charge in [0.2, 0.25) is 0 Å². The van der Waals surface area contributed by atoms with E-state index in [1.807, 2.05) is 19.1 Å². The van der Waals surface area contributed by atoms with Crippen molar-refractivity contribution in [1.29, 1.82) is 0 Å². The highest BCUT2D eigenvalue weighted by molar-refractivity contribution is 5.98. The van der Waals surface area contributed by atoms with Gasteiger partial charge in [-0.2, -0.15) is 0 Å². The average Bonchev–Trinajstić information content (AvgIpc) is 3.18. The Hall–Kier alpha value is -3.46. The number of anilines is 3. The molecule has 31 heavy (non-hydrogen) atoms. The molecule has 162 valence electrons. The number of nitrogens with two attached hydrogens (primary N) is 2. The number of amides is 1. The number of nitrogens with one attached hydrogen (secondary N) is 2. The molecule has 0 radical (unpaired) electrons. The van der Waals surface area contributed by atoms with Crippen molar-refractivity contribution in [3.63, 3.8) is 0 Å². The highest BCUT2D eigenvalue weighted by Gasteiger charge is 2.24. The standard InChI is InChI=1S/C22H25FN6O2/c1-12-6-7-19(31-12)18-10-13(8-9-26-18)27-21-14(20(25)30)11-15(23)22(29-21)28-17-5-3-2-4-16(17)24/h6-11,16-17H,2-5,24H2,1H3,(H2,25,30)(H2,26,27,28,29)/t16-,17+/m0/s1. The molecular weight excluding hydrogens is 399 g/mol. The summed E-state index contributed by atoms with van der Waals surface area (Å²) in [6, 6.07) is 8.04. The third kappa shape index (κ3) is 4.66. The van der Waals surface area contributed by atoms with Gasteiger partial charge in [0.15, 0.2) is 17.4 Å². The molecule has 0 aromatic carbocycles. The lowest BCUT2D eigenvalue weighted by molar-refractivity contribution is 0.100. The van der Waals surface area contributed by atoms with E-state index in [0.717, 1.165) is 37.5 Å². The van der Waals surface area contributed by atoms with Crippen LogP contribution in [0, 0.1) is 12.7 Å². The fourth-order valence-corrected chi connectivity index (χ4v) is 3.74. The Balaban J connectivity index is 1.64. The van der Waals surface area contributed by atoms with Gasteiger partial charge in [-0.25, -0.2) is 9.37 Å². The molecule has 1 aliphatic rings. The van der Waals surface area contributed by atoms with Crippen molar-refractivity contribution in [3.05, 3.63) is 53.7 Å². The van der Waals surface area contributed by atoms with E-state index in [4.69, 9.17) is 15.9 Å². The highest BCUT2D eigenvalue weighted by atomic mass is 19.1. The lowest BCUT2D eigenvalue weighted by atomic mass is 9.91. The van der Waals surface area contributed by atoms with Gasteiger partial charge in [0.25, 0.3) is 5.91 Å². The SMILES string of the molecule is Cc1ccc(-c2cc(Nc3nc(N[C@@H]4CCCC[C@@H]4N)c(F)cc3C(N)=O)ccn2)o1. The molecule has 0 spiro atoms. The van der Waals surface area contributed by atoms with E-state index in [2.05, 4.69) is 20.6 Å². The van der Waals surface area contributed by atoms with Crippen LogP contribution in [-0.4, -0.2) is 28.0 Å². The first kappa shape index (κ1) is 20.8. The minimum atomic E-state index is -0.786. The molecule has 6 N–H and O–H groups in total. The lowest BCUT2D eigenvalue weighted by Crippen LogP contribution is -2.43. The molecule has 3 aromatic rings. The molecule has 3 heterocycles. The second kappa shape index (κ2) is 8.73. The summed E-state index contributed by atoms with van der Waals surface area (Å²) in [6.45, 7) is 1.85. The number of hydrogen-bond donors (Lipinski definition) is 4. The molecule has 3 aromatic heterocycles. The Bertz CT molecular complexity index is 1100.